The second-order valence-corrected chi connectivity index (χ2v) is 8.20. The van der Waals surface area contributed by atoms with Crippen LogP contribution in [0, 0.1) is 5.41 Å². The summed E-state index contributed by atoms with van der Waals surface area (Å²) in [4.78, 5) is 13.0. The van der Waals surface area contributed by atoms with Gasteiger partial charge in [-0.3, -0.25) is 4.79 Å². The van der Waals surface area contributed by atoms with E-state index in [4.69, 9.17) is 4.74 Å². The summed E-state index contributed by atoms with van der Waals surface area (Å²) in [5.74, 6) is -0.187. The number of rotatable bonds is 7. The molecule has 0 aromatic heterocycles. The maximum atomic E-state index is 13.0. The van der Waals surface area contributed by atoms with Gasteiger partial charge >= 0.3 is 5.97 Å². The van der Waals surface area contributed by atoms with Crippen LogP contribution >= 0.6 is 0 Å². The number of benzene rings is 2. The summed E-state index contributed by atoms with van der Waals surface area (Å²) in [6.45, 7) is 8.90. The highest BCUT2D eigenvalue weighted by atomic mass is 16.5. The number of allylic oxidation sites excluding steroid dienone is 2. The molecular formula is C24H30O2. The summed E-state index contributed by atoms with van der Waals surface area (Å²) in [7, 11) is 0. The van der Waals surface area contributed by atoms with Crippen LogP contribution in [0.2, 0.25) is 0 Å². The Balaban J connectivity index is 2.13. The molecule has 2 rings (SSSR count). The molecule has 0 aliphatic rings. The fraction of sp³-hybridized carbons (Fsp3) is 0.375. The Morgan fingerprint density at radius 3 is 1.96 bits per heavy atom. The summed E-state index contributed by atoms with van der Waals surface area (Å²) in [6, 6.07) is 19.7. The highest BCUT2D eigenvalue weighted by molar-refractivity contribution is 5.83. The molecule has 1 atom stereocenters. The largest absolute Gasteiger partial charge is 0.460 e. The topological polar surface area (TPSA) is 26.3 Å². The van der Waals surface area contributed by atoms with E-state index in [1.54, 1.807) is 0 Å². The highest BCUT2D eigenvalue weighted by Gasteiger charge is 2.35. The zero-order valence-corrected chi connectivity index (χ0v) is 16.4. The van der Waals surface area contributed by atoms with Gasteiger partial charge in [0.2, 0.25) is 0 Å². The molecule has 0 saturated carbocycles. The molecule has 0 aliphatic carbocycles. The van der Waals surface area contributed by atoms with Crippen LogP contribution in [-0.4, -0.2) is 5.97 Å². The average Bonchev–Trinajstić information content (AvgIpc) is 2.64. The Hall–Kier alpha value is -2.35. The molecule has 138 valence electrons. The lowest BCUT2D eigenvalue weighted by Crippen LogP contribution is -2.34. The molecule has 26 heavy (non-hydrogen) atoms. The van der Waals surface area contributed by atoms with Crippen molar-refractivity contribution in [3.8, 4) is 0 Å². The first kappa shape index (κ1) is 20.0. The van der Waals surface area contributed by atoms with Gasteiger partial charge in [-0.15, -0.1) is 0 Å². The third-order valence-corrected chi connectivity index (χ3v) is 4.50. The lowest BCUT2D eigenvalue weighted by Gasteiger charge is -2.27. The molecule has 0 bridgehead atoms. The van der Waals surface area contributed by atoms with E-state index >= 15 is 0 Å². The molecule has 2 heteroatoms. The molecule has 0 radical (unpaired) electrons. The summed E-state index contributed by atoms with van der Waals surface area (Å²) in [6.07, 6.45) is 5.89. The van der Waals surface area contributed by atoms with Gasteiger partial charge in [0.1, 0.15) is 6.61 Å². The number of esters is 1. The molecular weight excluding hydrogens is 320 g/mol. The molecule has 0 spiro atoms. The molecule has 0 N–H and O–H groups in total. The van der Waals surface area contributed by atoms with Crippen LogP contribution < -0.4 is 0 Å². The second-order valence-electron chi connectivity index (χ2n) is 8.20. The number of ether oxygens (including phenoxy) is 1. The molecule has 2 aromatic carbocycles. The van der Waals surface area contributed by atoms with Crippen molar-refractivity contribution in [1.29, 1.82) is 0 Å². The van der Waals surface area contributed by atoms with Gasteiger partial charge in [-0.2, -0.15) is 0 Å². The monoisotopic (exact) mass is 350 g/mol. The number of carbonyl (C=O) groups excluding carboxylic acids is 1. The molecule has 2 aromatic rings. The van der Waals surface area contributed by atoms with Gasteiger partial charge in [-0.05, 0) is 36.3 Å². The summed E-state index contributed by atoms with van der Waals surface area (Å²) < 4.78 is 5.67. The summed E-state index contributed by atoms with van der Waals surface area (Å²) in [5, 5.41) is 0. The average molecular weight is 351 g/mol. The van der Waals surface area contributed by atoms with Gasteiger partial charge in [-0.25, -0.2) is 0 Å². The molecule has 0 aliphatic heterocycles. The van der Waals surface area contributed by atoms with E-state index in [-0.39, 0.29) is 11.4 Å². The van der Waals surface area contributed by atoms with Crippen molar-refractivity contribution in [3.05, 3.63) is 83.9 Å². The normalized spacial score (nSPS) is 14.2. The van der Waals surface area contributed by atoms with E-state index < -0.39 is 5.41 Å². The van der Waals surface area contributed by atoms with Crippen molar-refractivity contribution in [2.75, 3.05) is 0 Å². The third kappa shape index (κ3) is 5.87. The van der Waals surface area contributed by atoms with Crippen LogP contribution in [-0.2, 0) is 21.6 Å². The van der Waals surface area contributed by atoms with E-state index in [2.05, 4.69) is 32.9 Å². The fourth-order valence-corrected chi connectivity index (χ4v) is 2.76. The van der Waals surface area contributed by atoms with E-state index in [9.17, 15) is 4.79 Å². The molecule has 0 heterocycles. The second kappa shape index (κ2) is 8.84. The van der Waals surface area contributed by atoms with Gasteiger partial charge < -0.3 is 4.74 Å². The first-order valence-electron chi connectivity index (χ1n) is 9.23. The highest BCUT2D eigenvalue weighted by Crippen LogP contribution is 2.31. The molecule has 0 amide bonds. The van der Waals surface area contributed by atoms with Gasteiger partial charge in [0.15, 0.2) is 0 Å². The van der Waals surface area contributed by atoms with Crippen molar-refractivity contribution in [2.24, 2.45) is 5.41 Å². The zero-order valence-electron chi connectivity index (χ0n) is 16.4. The molecule has 1 unspecified atom stereocenters. The van der Waals surface area contributed by atoms with Crippen LogP contribution in [0.3, 0.4) is 0 Å². The minimum Gasteiger partial charge on any atom is -0.460 e. The van der Waals surface area contributed by atoms with E-state index in [1.807, 2.05) is 67.6 Å². The lowest BCUT2D eigenvalue weighted by atomic mass is 9.79. The molecule has 0 fully saturated rings. The lowest BCUT2D eigenvalue weighted by molar-refractivity contribution is -0.151. The van der Waals surface area contributed by atoms with Gasteiger partial charge in [0, 0.05) is 0 Å². The Morgan fingerprint density at radius 1 is 0.846 bits per heavy atom. The van der Waals surface area contributed by atoms with Crippen LogP contribution in [0.4, 0.5) is 0 Å². The van der Waals surface area contributed by atoms with Crippen molar-refractivity contribution in [3.63, 3.8) is 0 Å². The minimum atomic E-state index is -0.690. The zero-order chi connectivity index (χ0) is 19.0. The van der Waals surface area contributed by atoms with Gasteiger partial charge in [0.25, 0.3) is 0 Å². The summed E-state index contributed by atoms with van der Waals surface area (Å²) >= 11 is 0. The first-order chi connectivity index (χ1) is 12.3. The van der Waals surface area contributed by atoms with E-state index in [1.165, 1.54) is 0 Å². The first-order valence-corrected chi connectivity index (χ1v) is 9.23. The predicted molar refractivity (Wildman–Crippen MR) is 108 cm³/mol. The van der Waals surface area contributed by atoms with Crippen LogP contribution in [0.5, 0.6) is 0 Å². The number of hydrogen-bond acceptors (Lipinski definition) is 2. The Bertz CT molecular complexity index is 711. The maximum Gasteiger partial charge on any atom is 0.316 e. The van der Waals surface area contributed by atoms with Gasteiger partial charge in [0.05, 0.1) is 5.41 Å². The van der Waals surface area contributed by atoms with E-state index in [0.717, 1.165) is 17.5 Å². The predicted octanol–water partition coefficient (Wildman–Crippen LogP) is 6.07. The number of hydrogen-bond donors (Lipinski definition) is 0. The van der Waals surface area contributed by atoms with Crippen LogP contribution in [0.15, 0.2) is 72.8 Å². The number of carbonyl (C=O) groups is 1. The van der Waals surface area contributed by atoms with Crippen molar-refractivity contribution in [2.45, 2.75) is 52.6 Å². The summed E-state index contributed by atoms with van der Waals surface area (Å²) in [5.41, 5.74) is 1.54. The molecule has 2 nitrogen and oxygen atoms in total. The van der Waals surface area contributed by atoms with Crippen molar-refractivity contribution < 1.29 is 9.53 Å². The fourth-order valence-electron chi connectivity index (χ4n) is 2.76. The minimum absolute atomic E-state index is 0.187. The Labute approximate surface area is 157 Å². The Kier molecular flexibility index (Phi) is 6.79. The third-order valence-electron chi connectivity index (χ3n) is 4.50. The molecule has 0 saturated heterocycles. The van der Waals surface area contributed by atoms with Crippen LogP contribution in [0.25, 0.3) is 0 Å². The van der Waals surface area contributed by atoms with Crippen LogP contribution in [0.1, 0.15) is 51.7 Å². The van der Waals surface area contributed by atoms with Crippen molar-refractivity contribution in [1.82, 2.24) is 0 Å². The smallest absolute Gasteiger partial charge is 0.316 e. The SMILES string of the molecule is CC(C)(C)C/C=C/CC(C)(C(=O)OCc1ccccc1)c1ccccc1. The van der Waals surface area contributed by atoms with E-state index in [0.29, 0.717) is 13.0 Å². The maximum absolute atomic E-state index is 13.0. The van der Waals surface area contributed by atoms with Gasteiger partial charge in [-0.1, -0.05) is 93.6 Å². The standard InChI is InChI=1S/C24H30O2/c1-23(2,3)17-11-12-18-24(4,21-15-9-6-10-16-21)22(25)26-19-20-13-7-5-8-14-20/h5-16H,17-19H2,1-4H3/b12-11+. The Morgan fingerprint density at radius 2 is 1.38 bits per heavy atom. The van der Waals surface area contributed by atoms with Crippen molar-refractivity contribution >= 4 is 5.97 Å². The quantitative estimate of drug-likeness (QED) is 0.447.